The largest absolute Gasteiger partial charge is 1.00 e. The van der Waals surface area contributed by atoms with Gasteiger partial charge in [0.1, 0.15) is 0 Å². The quantitative estimate of drug-likeness (QED) is 0.262. The van der Waals surface area contributed by atoms with Crippen molar-refractivity contribution in [3.63, 3.8) is 0 Å². The molecular weight excluding hydrogens is 43.8 g/mol. The summed E-state index contributed by atoms with van der Waals surface area (Å²) < 4.78 is 0. The van der Waals surface area contributed by atoms with Gasteiger partial charge in [0.15, 0.2) is 0 Å². The minimum atomic E-state index is 0. The van der Waals surface area contributed by atoms with Gasteiger partial charge < -0.3 is 1.43 Å². The average molecular weight is 44.8 g/mol. The van der Waals surface area contributed by atoms with Crippen LogP contribution in [0.2, 0.25) is 0 Å². The van der Waals surface area contributed by atoms with Gasteiger partial charge in [-0.3, -0.25) is 0 Å². The Morgan fingerprint density at radius 3 is 2.00 bits per heavy atom. The molecule has 0 bridgehead atoms. The van der Waals surface area contributed by atoms with Crippen molar-refractivity contribution >= 4 is 7.85 Å². The Kier molecular flexibility index (Phi) is 24.5. The molecule has 4 heavy (non-hydrogen) atoms. The van der Waals surface area contributed by atoms with Crippen LogP contribution in [0.5, 0.6) is 0 Å². The van der Waals surface area contributed by atoms with Crippen LogP contribution in [0.25, 0.3) is 0 Å². The van der Waals surface area contributed by atoms with Crippen molar-refractivity contribution in [1.29, 1.82) is 5.26 Å². The fourth-order valence-electron chi connectivity index (χ4n) is 0. The average Bonchev–Trinajstić information content (AvgIpc) is 0.918. The van der Waals surface area contributed by atoms with Crippen LogP contribution >= 0.6 is 0 Å². The maximum absolute atomic E-state index is 7.10. The molecule has 0 aromatic rings. The molecule has 0 aliphatic heterocycles. The van der Waals surface area contributed by atoms with E-state index in [9.17, 15) is 0 Å². The first-order valence-corrected chi connectivity index (χ1v) is 0.512. The second-order valence-electron chi connectivity index (χ2n) is 0.129. The first-order chi connectivity index (χ1) is 1.41. The molecule has 14 valence electrons. The molecule has 0 aromatic heterocycles. The maximum Gasteiger partial charge on any atom is 1.00 e. The van der Waals surface area contributed by atoms with E-state index in [1.54, 1.807) is 0 Å². The Bertz CT molecular complexity index is 33.1. The zero-order valence-electron chi connectivity index (χ0n) is 3.52. The maximum atomic E-state index is 7.10. The molecule has 0 atom stereocenters. The summed E-state index contributed by atoms with van der Waals surface area (Å²) in [6.45, 7) is 0. The van der Waals surface area contributed by atoms with E-state index < -0.39 is 0 Å². The first-order valence-electron chi connectivity index (χ1n) is 0.512. The second-order valence-corrected chi connectivity index (χ2v) is 0.129. The number of rotatable bonds is 0. The Balaban J connectivity index is -0.0000000200. The molecule has 0 aliphatic rings. The molecule has 3 heteroatoms. The van der Waals surface area contributed by atoms with Gasteiger partial charge in [-0.1, -0.05) is 0 Å². The van der Waals surface area contributed by atoms with Crippen molar-refractivity contribution in [3.05, 3.63) is 0 Å². The zero-order chi connectivity index (χ0) is 2.71. The summed E-state index contributed by atoms with van der Waals surface area (Å²) in [4.78, 5) is 0. The van der Waals surface area contributed by atoms with Crippen molar-refractivity contribution in [2.75, 3.05) is 0 Å². The van der Waals surface area contributed by atoms with Gasteiger partial charge in [0.2, 0.25) is 7.85 Å². The summed E-state index contributed by atoms with van der Waals surface area (Å²) in [6.07, 6.45) is 0. The van der Waals surface area contributed by atoms with Crippen LogP contribution in [0.3, 0.4) is 0 Å². The van der Waals surface area contributed by atoms with E-state index in [4.69, 9.17) is 5.26 Å². The second kappa shape index (κ2) is 11.0. The first kappa shape index (κ1) is 8.91. The predicted octanol–water partition coefficient (Wildman–Crippen LogP) is -3.25. The molecule has 0 fully saturated rings. The van der Waals surface area contributed by atoms with Crippen LogP contribution in [-0.2, 0) is 0 Å². The van der Waals surface area contributed by atoms with Gasteiger partial charge in [-0.25, -0.2) is 5.26 Å². The van der Waals surface area contributed by atoms with Crippen molar-refractivity contribution in [2.45, 2.75) is 0 Å². The topological polar surface area (TPSA) is 23.8 Å². The molecule has 0 amide bonds. The van der Waals surface area contributed by atoms with Gasteiger partial charge >= 0.3 is 18.9 Å². The third-order valence-electron chi connectivity index (χ3n) is 0. The van der Waals surface area contributed by atoms with Gasteiger partial charge in [0.25, 0.3) is 0 Å². The normalized spacial score (nSPS) is 1.75. The summed E-state index contributed by atoms with van der Waals surface area (Å²) >= 11 is 0. The van der Waals surface area contributed by atoms with E-state index >= 15 is 0 Å². The van der Waals surface area contributed by atoms with E-state index in [2.05, 4.69) is 7.85 Å². The van der Waals surface area contributed by atoms with Gasteiger partial charge in [-0.2, -0.15) is 0 Å². The van der Waals surface area contributed by atoms with E-state index in [1.807, 2.05) is 0 Å². The summed E-state index contributed by atoms with van der Waals surface area (Å²) in [5.74, 6) is 1.25. The molecule has 0 N–H and O–H groups in total. The molecule has 2 radical (unpaired) electrons. The van der Waals surface area contributed by atoms with Gasteiger partial charge in [-0.05, 0) is 5.97 Å². The number of nitriles is 1. The summed E-state index contributed by atoms with van der Waals surface area (Å²) in [7, 11) is 4.15. The van der Waals surface area contributed by atoms with E-state index in [0.29, 0.717) is 0 Å². The number of hydrogen-bond acceptors (Lipinski definition) is 1. The Morgan fingerprint density at radius 2 is 2.00 bits per heavy atom. The van der Waals surface area contributed by atoms with Crippen LogP contribution in [0.1, 0.15) is 1.43 Å². The monoisotopic (exact) mass is 45.0 g/mol. The fraction of sp³-hybridized carbons (Fsp3) is 0. The SMILES string of the molecule is [B]C#N.[H-].[Li+]. The number of hydrogen-bond donors (Lipinski definition) is 0. The summed E-state index contributed by atoms with van der Waals surface area (Å²) in [6, 6.07) is 0. The Morgan fingerprint density at radius 1 is 2.00 bits per heavy atom. The minimum absolute atomic E-state index is 0. The smallest absolute Gasteiger partial charge is 1.00 e. The third kappa shape index (κ3) is 123. The zero-order valence-corrected chi connectivity index (χ0v) is 2.52. The van der Waals surface area contributed by atoms with E-state index in [-0.39, 0.29) is 20.3 Å². The minimum Gasteiger partial charge on any atom is -1.00 e. The standard InChI is InChI=1S/CBN.Li.H/c2-1-3;;/q;+1;-1. The Hall–Kier alpha value is 0.152. The Labute approximate surface area is 40.1 Å². The third-order valence-corrected chi connectivity index (χ3v) is 0. The molecule has 0 saturated heterocycles. The van der Waals surface area contributed by atoms with Crippen LogP contribution in [0, 0.1) is 11.2 Å². The van der Waals surface area contributed by atoms with E-state index in [1.165, 1.54) is 5.97 Å². The molecule has 0 rings (SSSR count). The molecular formula is CHBLiN. The summed E-state index contributed by atoms with van der Waals surface area (Å²) in [5.41, 5.74) is 0. The summed E-state index contributed by atoms with van der Waals surface area (Å²) in [5, 5.41) is 7.10. The molecule has 0 saturated carbocycles. The molecule has 0 aliphatic carbocycles. The molecule has 0 heterocycles. The van der Waals surface area contributed by atoms with Crippen molar-refractivity contribution in [3.8, 4) is 5.97 Å². The van der Waals surface area contributed by atoms with Gasteiger partial charge in [-0.15, -0.1) is 0 Å². The van der Waals surface area contributed by atoms with Gasteiger partial charge in [0.05, 0.1) is 0 Å². The molecule has 0 unspecified atom stereocenters. The molecule has 0 aromatic carbocycles. The fourth-order valence-corrected chi connectivity index (χ4v) is 0. The molecule has 0 spiro atoms. The van der Waals surface area contributed by atoms with Crippen LogP contribution in [-0.4, -0.2) is 7.85 Å². The van der Waals surface area contributed by atoms with Crippen LogP contribution in [0.15, 0.2) is 0 Å². The van der Waals surface area contributed by atoms with Crippen molar-refractivity contribution < 1.29 is 20.3 Å². The van der Waals surface area contributed by atoms with Crippen molar-refractivity contribution in [2.24, 2.45) is 0 Å². The molecule has 1 nitrogen and oxygen atoms in total. The van der Waals surface area contributed by atoms with Crippen LogP contribution in [0.4, 0.5) is 0 Å². The van der Waals surface area contributed by atoms with Crippen LogP contribution < -0.4 is 18.9 Å². The predicted molar refractivity (Wildman–Crippen MR) is 12.5 cm³/mol. The van der Waals surface area contributed by atoms with Gasteiger partial charge in [0, 0.05) is 0 Å². The van der Waals surface area contributed by atoms with E-state index in [0.717, 1.165) is 0 Å². The number of nitrogens with zero attached hydrogens (tertiary/aromatic N) is 1. The van der Waals surface area contributed by atoms with Crippen molar-refractivity contribution in [1.82, 2.24) is 0 Å².